The normalized spacial score (nSPS) is 19.3. The Balaban J connectivity index is 1.55. The van der Waals surface area contributed by atoms with Crippen LogP contribution in [0, 0.1) is 0 Å². The largest absolute Gasteiger partial charge is 0.497 e. The maximum absolute atomic E-state index is 6.52. The second-order valence-corrected chi connectivity index (χ2v) is 9.62. The summed E-state index contributed by atoms with van der Waals surface area (Å²) in [7, 11) is 3.37. The summed E-state index contributed by atoms with van der Waals surface area (Å²) in [5, 5.41) is 7.17. The monoisotopic (exact) mass is 442 g/mol. The summed E-state index contributed by atoms with van der Waals surface area (Å²) >= 11 is 0. The maximum atomic E-state index is 6.52. The van der Waals surface area contributed by atoms with Gasteiger partial charge in [0.2, 0.25) is 6.23 Å². The van der Waals surface area contributed by atoms with Crippen LogP contribution in [-0.4, -0.2) is 24.9 Å². The van der Waals surface area contributed by atoms with Crippen molar-refractivity contribution in [3.05, 3.63) is 89.0 Å². The van der Waals surface area contributed by atoms with Crippen molar-refractivity contribution in [2.45, 2.75) is 44.9 Å². The number of hydrazone groups is 1. The van der Waals surface area contributed by atoms with Crippen LogP contribution in [0.15, 0.2) is 71.8 Å². The number of nitrogens with zero attached hydrogens (tertiary/aromatic N) is 2. The molecule has 0 aliphatic carbocycles. The molecule has 0 bridgehead atoms. The molecule has 5 rings (SSSR count). The molecule has 3 aromatic rings. The highest BCUT2D eigenvalue weighted by atomic mass is 16.5. The van der Waals surface area contributed by atoms with E-state index in [9.17, 15) is 0 Å². The smallest absolute Gasteiger partial charge is 0.213 e. The highest BCUT2D eigenvalue weighted by molar-refractivity contribution is 6.02. The lowest BCUT2D eigenvalue weighted by molar-refractivity contribution is -0.0191. The van der Waals surface area contributed by atoms with Gasteiger partial charge in [-0.3, -0.25) is 0 Å². The van der Waals surface area contributed by atoms with Gasteiger partial charge >= 0.3 is 0 Å². The van der Waals surface area contributed by atoms with E-state index in [1.165, 1.54) is 5.56 Å². The summed E-state index contributed by atoms with van der Waals surface area (Å²) in [6.07, 6.45) is 0.507. The topological polar surface area (TPSA) is 43.3 Å². The molecule has 5 nitrogen and oxygen atoms in total. The molecule has 0 fully saturated rings. The molecule has 2 atom stereocenters. The van der Waals surface area contributed by atoms with Crippen LogP contribution in [0.25, 0.3) is 0 Å². The van der Waals surface area contributed by atoms with Gasteiger partial charge in [0, 0.05) is 17.5 Å². The van der Waals surface area contributed by atoms with Crippen molar-refractivity contribution in [2.24, 2.45) is 5.10 Å². The minimum absolute atomic E-state index is 0.0771. The van der Waals surface area contributed by atoms with Crippen molar-refractivity contribution in [3.8, 4) is 17.2 Å². The van der Waals surface area contributed by atoms with Crippen molar-refractivity contribution in [1.82, 2.24) is 5.01 Å². The van der Waals surface area contributed by atoms with E-state index < -0.39 is 0 Å². The zero-order valence-electron chi connectivity index (χ0n) is 19.8. The average Bonchev–Trinajstić information content (AvgIpc) is 3.28. The van der Waals surface area contributed by atoms with Gasteiger partial charge in [-0.15, -0.1) is 0 Å². The van der Waals surface area contributed by atoms with Gasteiger partial charge in [-0.25, -0.2) is 5.01 Å². The zero-order chi connectivity index (χ0) is 23.2. The Labute approximate surface area is 195 Å². The van der Waals surface area contributed by atoms with E-state index in [1.54, 1.807) is 14.2 Å². The van der Waals surface area contributed by atoms with Gasteiger partial charge in [0.05, 0.1) is 26.0 Å². The molecule has 0 N–H and O–H groups in total. The van der Waals surface area contributed by atoms with Crippen molar-refractivity contribution in [2.75, 3.05) is 14.2 Å². The Morgan fingerprint density at radius 3 is 2.18 bits per heavy atom. The molecule has 0 saturated carbocycles. The van der Waals surface area contributed by atoms with Gasteiger partial charge in [0.1, 0.15) is 17.2 Å². The number of benzene rings is 3. The second kappa shape index (κ2) is 8.14. The highest BCUT2D eigenvalue weighted by Crippen LogP contribution is 2.48. The van der Waals surface area contributed by atoms with Crippen LogP contribution in [0.2, 0.25) is 0 Å². The Kier molecular flexibility index (Phi) is 5.28. The van der Waals surface area contributed by atoms with Crippen molar-refractivity contribution < 1.29 is 14.2 Å². The summed E-state index contributed by atoms with van der Waals surface area (Å²) in [5.41, 5.74) is 5.73. The molecule has 0 amide bonds. The summed E-state index contributed by atoms with van der Waals surface area (Å²) < 4.78 is 17.3. The van der Waals surface area contributed by atoms with E-state index in [1.807, 2.05) is 24.3 Å². The lowest BCUT2D eigenvalue weighted by atomic mass is 9.86. The van der Waals surface area contributed by atoms with Crippen LogP contribution in [0.1, 0.15) is 61.7 Å². The third-order valence-electron chi connectivity index (χ3n) is 6.48. The zero-order valence-corrected chi connectivity index (χ0v) is 19.8. The van der Waals surface area contributed by atoms with Crippen LogP contribution in [0.3, 0.4) is 0 Å². The molecule has 5 heteroatoms. The first-order valence-electron chi connectivity index (χ1n) is 11.3. The second-order valence-electron chi connectivity index (χ2n) is 9.62. The lowest BCUT2D eigenvalue weighted by Crippen LogP contribution is -2.33. The van der Waals surface area contributed by atoms with Crippen LogP contribution < -0.4 is 14.2 Å². The fourth-order valence-electron chi connectivity index (χ4n) is 4.52. The standard InChI is InChI=1S/C28H30N2O3/c1-28(2,3)20-10-6-19(7-11-20)27-30-25(23-16-22(32-5)14-15-26(23)33-27)17-24(29-30)18-8-12-21(31-4)13-9-18/h6-16,25,27H,17H2,1-5H3/t25-,27-/m0/s1. The van der Waals surface area contributed by atoms with Gasteiger partial charge in [0.15, 0.2) is 0 Å². The Hall–Kier alpha value is -3.47. The average molecular weight is 443 g/mol. The first-order chi connectivity index (χ1) is 15.9. The third kappa shape index (κ3) is 3.92. The van der Waals surface area contributed by atoms with E-state index in [4.69, 9.17) is 19.3 Å². The van der Waals surface area contributed by atoms with Crippen molar-refractivity contribution >= 4 is 5.71 Å². The lowest BCUT2D eigenvalue weighted by Gasteiger charge is -2.38. The number of fused-ring (bicyclic) bond motifs is 3. The highest BCUT2D eigenvalue weighted by Gasteiger charge is 2.41. The SMILES string of the molecule is COc1ccc(C2=NN3[C@@H](C2)c2cc(OC)ccc2O[C@H]3c2ccc(C(C)(C)C)cc2)cc1. The number of rotatable bonds is 4. The van der Waals surface area contributed by atoms with E-state index in [2.05, 4.69) is 68.2 Å². The van der Waals surface area contributed by atoms with Gasteiger partial charge in [0.25, 0.3) is 0 Å². The number of hydrogen-bond acceptors (Lipinski definition) is 5. The first kappa shape index (κ1) is 21.4. The van der Waals surface area contributed by atoms with Gasteiger partial charge in [-0.2, -0.15) is 5.10 Å². The van der Waals surface area contributed by atoms with Crippen molar-refractivity contribution in [3.63, 3.8) is 0 Å². The minimum atomic E-state index is -0.291. The molecule has 0 saturated heterocycles. The molecule has 33 heavy (non-hydrogen) atoms. The predicted octanol–water partition coefficient (Wildman–Crippen LogP) is 6.24. The van der Waals surface area contributed by atoms with Crippen LogP contribution in [0.5, 0.6) is 17.2 Å². The Bertz CT molecular complexity index is 1180. The van der Waals surface area contributed by atoms with Gasteiger partial charge < -0.3 is 14.2 Å². The molecule has 0 unspecified atom stereocenters. The Morgan fingerprint density at radius 2 is 1.55 bits per heavy atom. The molecule has 0 radical (unpaired) electrons. The molecule has 2 heterocycles. The summed E-state index contributed by atoms with van der Waals surface area (Å²) in [6.45, 7) is 6.68. The van der Waals surface area contributed by atoms with Gasteiger partial charge in [-0.1, -0.05) is 45.0 Å². The minimum Gasteiger partial charge on any atom is -0.497 e. The summed E-state index contributed by atoms with van der Waals surface area (Å²) in [6, 6.07) is 22.9. The number of hydrogen-bond donors (Lipinski definition) is 0. The van der Waals surface area contributed by atoms with E-state index in [0.29, 0.717) is 0 Å². The molecule has 0 aromatic heterocycles. The van der Waals surface area contributed by atoms with E-state index in [-0.39, 0.29) is 17.7 Å². The first-order valence-corrected chi connectivity index (χ1v) is 11.3. The fourth-order valence-corrected chi connectivity index (χ4v) is 4.52. The van der Waals surface area contributed by atoms with Crippen LogP contribution >= 0.6 is 0 Å². The number of ether oxygens (including phenoxy) is 3. The van der Waals surface area contributed by atoms with E-state index >= 15 is 0 Å². The quantitative estimate of drug-likeness (QED) is 0.479. The number of methoxy groups -OCH3 is 2. The summed E-state index contributed by atoms with van der Waals surface area (Å²) in [4.78, 5) is 0. The summed E-state index contributed by atoms with van der Waals surface area (Å²) in [5.74, 6) is 2.54. The molecule has 170 valence electrons. The molecular formula is C28H30N2O3. The molecule has 0 spiro atoms. The fraction of sp³-hybridized carbons (Fsp3) is 0.321. The van der Waals surface area contributed by atoms with Crippen LogP contribution in [0.4, 0.5) is 0 Å². The third-order valence-corrected chi connectivity index (χ3v) is 6.48. The molecule has 2 aliphatic heterocycles. The van der Waals surface area contributed by atoms with Crippen LogP contribution in [-0.2, 0) is 5.41 Å². The molecule has 2 aliphatic rings. The van der Waals surface area contributed by atoms with E-state index in [0.717, 1.165) is 46.1 Å². The Morgan fingerprint density at radius 1 is 0.879 bits per heavy atom. The van der Waals surface area contributed by atoms with Crippen molar-refractivity contribution in [1.29, 1.82) is 0 Å². The predicted molar refractivity (Wildman–Crippen MR) is 130 cm³/mol. The van der Waals surface area contributed by atoms with Gasteiger partial charge in [-0.05, 0) is 59.0 Å². The molecule has 3 aromatic carbocycles. The molecular weight excluding hydrogens is 412 g/mol. The maximum Gasteiger partial charge on any atom is 0.213 e.